The van der Waals surface area contributed by atoms with E-state index >= 15 is 0 Å². The van der Waals surface area contributed by atoms with Crippen LogP contribution in [-0.4, -0.2) is 21.0 Å². The lowest BCUT2D eigenvalue weighted by molar-refractivity contribution is 0.384. The van der Waals surface area contributed by atoms with Gasteiger partial charge in [-0.15, -0.1) is 0 Å². The van der Waals surface area contributed by atoms with Gasteiger partial charge in [0.15, 0.2) is 5.65 Å². The topological polar surface area (TPSA) is 67.6 Å². The Bertz CT molecular complexity index is 531. The number of hydrogen-bond donors (Lipinski definition) is 2. The minimum Gasteiger partial charge on any atom is -0.340 e. The van der Waals surface area contributed by atoms with Gasteiger partial charge < -0.3 is 10.7 Å². The van der Waals surface area contributed by atoms with Gasteiger partial charge in [0, 0.05) is 17.7 Å². The predicted octanol–water partition coefficient (Wildman–Crippen LogP) is 2.25. The highest BCUT2D eigenvalue weighted by atomic mass is 15.0. The molecular formula is C13H18N4. The molecule has 4 nitrogen and oxygen atoms in total. The molecule has 0 amide bonds. The van der Waals surface area contributed by atoms with E-state index in [-0.39, 0.29) is 0 Å². The molecular weight excluding hydrogens is 212 g/mol. The lowest BCUT2D eigenvalue weighted by atomic mass is 9.86. The van der Waals surface area contributed by atoms with Gasteiger partial charge in [0.2, 0.25) is 0 Å². The maximum atomic E-state index is 6.02. The molecule has 2 aromatic heterocycles. The number of nitrogens with one attached hydrogen (secondary N) is 1. The average molecular weight is 230 g/mol. The van der Waals surface area contributed by atoms with E-state index < -0.39 is 0 Å². The molecule has 1 aliphatic rings. The number of H-pyrrole nitrogens is 1. The first-order valence-electron chi connectivity index (χ1n) is 6.31. The Morgan fingerprint density at radius 2 is 2.18 bits per heavy atom. The van der Waals surface area contributed by atoms with Gasteiger partial charge in [-0.2, -0.15) is 0 Å². The molecule has 0 aliphatic heterocycles. The van der Waals surface area contributed by atoms with E-state index in [1.54, 1.807) is 0 Å². The highest BCUT2D eigenvalue weighted by Crippen LogP contribution is 2.31. The summed E-state index contributed by atoms with van der Waals surface area (Å²) in [5.41, 5.74) is 8.90. The van der Waals surface area contributed by atoms with Gasteiger partial charge >= 0.3 is 0 Å². The van der Waals surface area contributed by atoms with Crippen molar-refractivity contribution < 1.29 is 0 Å². The van der Waals surface area contributed by atoms with Crippen LogP contribution in [0.25, 0.3) is 11.2 Å². The number of nitrogens with two attached hydrogens (primary N) is 1. The molecule has 17 heavy (non-hydrogen) atoms. The Balaban J connectivity index is 1.94. The number of pyridine rings is 1. The lowest BCUT2D eigenvalue weighted by Crippen LogP contribution is -2.27. The number of aromatic amines is 1. The third-order valence-electron chi connectivity index (χ3n) is 3.60. The monoisotopic (exact) mass is 230 g/mol. The van der Waals surface area contributed by atoms with E-state index in [2.05, 4.69) is 21.0 Å². The zero-order valence-electron chi connectivity index (χ0n) is 10.1. The molecule has 2 aromatic rings. The molecule has 0 saturated heterocycles. The first-order valence-corrected chi connectivity index (χ1v) is 6.31. The number of fused-ring (bicyclic) bond motifs is 1. The van der Waals surface area contributed by atoms with E-state index in [4.69, 9.17) is 5.73 Å². The average Bonchev–Trinajstić information content (AvgIpc) is 2.72. The number of imidazole rings is 1. The van der Waals surface area contributed by atoms with Crippen LogP contribution in [0.4, 0.5) is 0 Å². The maximum Gasteiger partial charge on any atom is 0.177 e. The highest BCUT2D eigenvalue weighted by Gasteiger charge is 2.23. The number of aryl methyl sites for hydroxylation is 1. The summed E-state index contributed by atoms with van der Waals surface area (Å²) in [6.45, 7) is 1.99. The lowest BCUT2D eigenvalue weighted by Gasteiger charge is -2.24. The van der Waals surface area contributed by atoms with Crippen molar-refractivity contribution in [1.82, 2.24) is 15.0 Å². The van der Waals surface area contributed by atoms with Crippen molar-refractivity contribution in [3.8, 4) is 0 Å². The number of hydrogen-bond acceptors (Lipinski definition) is 3. The van der Waals surface area contributed by atoms with Gasteiger partial charge in [-0.3, -0.25) is 0 Å². The number of nitrogens with zero attached hydrogens (tertiary/aromatic N) is 2. The van der Waals surface area contributed by atoms with E-state index in [0.717, 1.165) is 35.5 Å². The Labute approximate surface area is 101 Å². The van der Waals surface area contributed by atoms with Crippen molar-refractivity contribution >= 4 is 11.2 Å². The molecule has 1 aliphatic carbocycles. The smallest absolute Gasteiger partial charge is 0.177 e. The van der Waals surface area contributed by atoms with Gasteiger partial charge in [0.05, 0.1) is 5.52 Å². The summed E-state index contributed by atoms with van der Waals surface area (Å²) < 4.78 is 0. The van der Waals surface area contributed by atoms with Crippen LogP contribution >= 0.6 is 0 Å². The second-order valence-corrected chi connectivity index (χ2v) is 5.07. The van der Waals surface area contributed by atoms with Crippen LogP contribution < -0.4 is 5.73 Å². The molecule has 90 valence electrons. The Hall–Kier alpha value is -1.42. The summed E-state index contributed by atoms with van der Waals surface area (Å²) in [6.07, 6.45) is 4.58. The SMILES string of the molecule is Cc1ccc2[nH]c(C3CCCC(N)C3)nc2n1. The van der Waals surface area contributed by atoms with Crippen molar-refractivity contribution in [3.05, 3.63) is 23.7 Å². The summed E-state index contributed by atoms with van der Waals surface area (Å²) in [5, 5.41) is 0. The molecule has 2 heterocycles. The van der Waals surface area contributed by atoms with Crippen LogP contribution in [0.3, 0.4) is 0 Å². The van der Waals surface area contributed by atoms with Crippen molar-refractivity contribution in [3.63, 3.8) is 0 Å². The van der Waals surface area contributed by atoms with Gasteiger partial charge in [-0.25, -0.2) is 9.97 Å². The molecule has 3 rings (SSSR count). The molecule has 1 fully saturated rings. The molecule has 2 unspecified atom stereocenters. The van der Waals surface area contributed by atoms with Gasteiger partial charge in [-0.1, -0.05) is 6.42 Å². The molecule has 0 spiro atoms. The molecule has 2 atom stereocenters. The Morgan fingerprint density at radius 1 is 1.29 bits per heavy atom. The van der Waals surface area contributed by atoms with Gasteiger partial charge in [-0.05, 0) is 38.3 Å². The quantitative estimate of drug-likeness (QED) is 0.789. The molecule has 0 aromatic carbocycles. The van der Waals surface area contributed by atoms with E-state index in [0.29, 0.717) is 12.0 Å². The highest BCUT2D eigenvalue weighted by molar-refractivity contribution is 5.70. The van der Waals surface area contributed by atoms with Crippen molar-refractivity contribution in [2.45, 2.75) is 44.6 Å². The van der Waals surface area contributed by atoms with Crippen molar-refractivity contribution in [1.29, 1.82) is 0 Å². The van der Waals surface area contributed by atoms with E-state index in [1.165, 1.54) is 12.8 Å². The first-order chi connectivity index (χ1) is 8.22. The third kappa shape index (κ3) is 2.05. The zero-order chi connectivity index (χ0) is 11.8. The fourth-order valence-corrected chi connectivity index (χ4v) is 2.68. The van der Waals surface area contributed by atoms with Crippen LogP contribution in [0.1, 0.15) is 43.1 Å². The third-order valence-corrected chi connectivity index (χ3v) is 3.60. The van der Waals surface area contributed by atoms with Gasteiger partial charge in [0.1, 0.15) is 5.82 Å². The van der Waals surface area contributed by atoms with Crippen LogP contribution in [0, 0.1) is 6.92 Å². The summed E-state index contributed by atoms with van der Waals surface area (Å²) in [6, 6.07) is 4.39. The molecule has 0 radical (unpaired) electrons. The second-order valence-electron chi connectivity index (χ2n) is 5.07. The first kappa shape index (κ1) is 10.7. The minimum absolute atomic E-state index is 0.330. The van der Waals surface area contributed by atoms with Crippen molar-refractivity contribution in [2.24, 2.45) is 5.73 Å². The molecule has 0 bridgehead atoms. The summed E-state index contributed by atoms with van der Waals surface area (Å²) >= 11 is 0. The van der Waals surface area contributed by atoms with E-state index in [1.807, 2.05) is 13.0 Å². The maximum absolute atomic E-state index is 6.02. The number of aromatic nitrogens is 3. The molecule has 4 heteroatoms. The fourth-order valence-electron chi connectivity index (χ4n) is 2.68. The molecule has 3 N–H and O–H groups in total. The Kier molecular flexibility index (Phi) is 2.59. The summed E-state index contributed by atoms with van der Waals surface area (Å²) in [4.78, 5) is 12.4. The largest absolute Gasteiger partial charge is 0.340 e. The number of rotatable bonds is 1. The predicted molar refractivity (Wildman–Crippen MR) is 67.8 cm³/mol. The fraction of sp³-hybridized carbons (Fsp3) is 0.538. The molecule has 1 saturated carbocycles. The standard InChI is InChI=1S/C13H18N4/c1-8-5-6-11-13(15-8)17-12(16-11)9-3-2-4-10(14)7-9/h5-6,9-10H,2-4,7,14H2,1H3,(H,15,16,17). The van der Waals surface area contributed by atoms with Crippen LogP contribution in [0.5, 0.6) is 0 Å². The van der Waals surface area contributed by atoms with E-state index in [9.17, 15) is 0 Å². The Morgan fingerprint density at radius 3 is 3.00 bits per heavy atom. The van der Waals surface area contributed by atoms with Crippen LogP contribution in [0.2, 0.25) is 0 Å². The summed E-state index contributed by atoms with van der Waals surface area (Å²) in [7, 11) is 0. The van der Waals surface area contributed by atoms with Crippen LogP contribution in [-0.2, 0) is 0 Å². The van der Waals surface area contributed by atoms with Gasteiger partial charge in [0.25, 0.3) is 0 Å². The normalized spacial score (nSPS) is 25.3. The van der Waals surface area contributed by atoms with Crippen molar-refractivity contribution in [2.75, 3.05) is 0 Å². The van der Waals surface area contributed by atoms with Crippen LogP contribution in [0.15, 0.2) is 12.1 Å². The second kappa shape index (κ2) is 4.11. The summed E-state index contributed by atoms with van der Waals surface area (Å²) in [5.74, 6) is 1.54. The minimum atomic E-state index is 0.330. The zero-order valence-corrected chi connectivity index (χ0v) is 10.1.